The minimum Gasteiger partial charge on any atom is -0.494 e. The highest BCUT2D eigenvalue weighted by Crippen LogP contribution is 2.18. The number of carbonyl (C=O) groups is 1. The molecule has 3 nitrogen and oxygen atoms in total. The van der Waals surface area contributed by atoms with E-state index in [9.17, 15) is 4.79 Å². The Kier molecular flexibility index (Phi) is 4.32. The third-order valence-corrected chi connectivity index (χ3v) is 2.05. The molecule has 14 heavy (non-hydrogen) atoms. The van der Waals surface area contributed by atoms with Gasteiger partial charge in [0.1, 0.15) is 5.75 Å². The number of carbonyl (C=O) groups excluding carboxylic acids is 1. The van der Waals surface area contributed by atoms with E-state index in [-0.39, 0.29) is 5.24 Å². The largest absolute Gasteiger partial charge is 0.494 e. The molecule has 0 bridgehead atoms. The van der Waals surface area contributed by atoms with Crippen molar-refractivity contribution < 1.29 is 9.53 Å². The molecule has 0 saturated carbocycles. The van der Waals surface area contributed by atoms with Crippen molar-refractivity contribution in [3.05, 3.63) is 24.3 Å². The Hall–Kier alpha value is -1.16. The molecule has 0 atom stereocenters. The number of hydrogen-bond acceptors (Lipinski definition) is 3. The first-order valence-electron chi connectivity index (χ1n) is 4.34. The zero-order valence-corrected chi connectivity index (χ0v) is 9.06. The van der Waals surface area contributed by atoms with Gasteiger partial charge < -0.3 is 10.1 Å². The zero-order valence-electron chi connectivity index (χ0n) is 8.24. The molecule has 1 aromatic carbocycles. The van der Waals surface area contributed by atoms with E-state index < -0.39 is 0 Å². The van der Waals surface area contributed by atoms with Crippen LogP contribution in [0.2, 0.25) is 0 Å². The Labute approximate surface area is 87.8 Å². The predicted molar refractivity (Wildman–Crippen MR) is 60.1 cm³/mol. The second-order valence-electron chi connectivity index (χ2n) is 2.58. The van der Waals surface area contributed by atoms with E-state index >= 15 is 0 Å². The fourth-order valence-electron chi connectivity index (χ4n) is 0.999. The summed E-state index contributed by atoms with van der Waals surface area (Å²) in [6.45, 7) is 2.55. The fraction of sp³-hybridized carbons (Fsp3) is 0.300. The summed E-state index contributed by atoms with van der Waals surface area (Å²) in [4.78, 5) is 11.1. The fourth-order valence-corrected chi connectivity index (χ4v) is 1.22. The van der Waals surface area contributed by atoms with Crippen LogP contribution in [-0.2, 0) is 0 Å². The molecule has 1 aromatic rings. The Morgan fingerprint density at radius 1 is 1.57 bits per heavy atom. The Morgan fingerprint density at radius 3 is 3.00 bits per heavy atom. The van der Waals surface area contributed by atoms with E-state index in [2.05, 4.69) is 5.32 Å². The number of thioether (sulfide) groups is 1. The Morgan fingerprint density at radius 2 is 2.36 bits per heavy atom. The second-order valence-corrected chi connectivity index (χ2v) is 3.36. The van der Waals surface area contributed by atoms with E-state index in [1.54, 1.807) is 12.3 Å². The molecule has 0 fully saturated rings. The van der Waals surface area contributed by atoms with Crippen LogP contribution >= 0.6 is 11.8 Å². The molecule has 1 rings (SSSR count). The monoisotopic (exact) mass is 211 g/mol. The number of anilines is 1. The smallest absolute Gasteiger partial charge is 0.283 e. The number of rotatable bonds is 3. The molecule has 0 radical (unpaired) electrons. The normalized spacial score (nSPS) is 9.57. The van der Waals surface area contributed by atoms with Crippen molar-refractivity contribution in [2.75, 3.05) is 18.2 Å². The molecule has 0 aliphatic heterocycles. The minimum absolute atomic E-state index is 0.0707. The van der Waals surface area contributed by atoms with Crippen LogP contribution in [0.1, 0.15) is 6.92 Å². The van der Waals surface area contributed by atoms with Crippen LogP contribution in [0.25, 0.3) is 0 Å². The quantitative estimate of drug-likeness (QED) is 0.835. The van der Waals surface area contributed by atoms with Crippen molar-refractivity contribution in [3.63, 3.8) is 0 Å². The summed E-state index contributed by atoms with van der Waals surface area (Å²) in [5, 5.41) is 2.66. The standard InChI is InChI=1S/C10H13NO2S/c1-3-13-9-6-4-5-8(7-9)11-10(12)14-2/h4-7H,3H2,1-2H3,(H,11,12). The Balaban J connectivity index is 2.68. The van der Waals surface area contributed by atoms with Crippen molar-refractivity contribution in [2.45, 2.75) is 6.92 Å². The van der Waals surface area contributed by atoms with Crippen molar-refractivity contribution in [2.24, 2.45) is 0 Å². The molecular formula is C10H13NO2S. The summed E-state index contributed by atoms with van der Waals surface area (Å²) < 4.78 is 5.30. The summed E-state index contributed by atoms with van der Waals surface area (Å²) in [7, 11) is 0. The minimum atomic E-state index is -0.0707. The maximum Gasteiger partial charge on any atom is 0.283 e. The van der Waals surface area contributed by atoms with Gasteiger partial charge in [-0.15, -0.1) is 0 Å². The van der Waals surface area contributed by atoms with E-state index in [4.69, 9.17) is 4.74 Å². The number of hydrogen-bond donors (Lipinski definition) is 1. The molecule has 0 aromatic heterocycles. The highest BCUT2D eigenvalue weighted by molar-refractivity contribution is 8.13. The first-order valence-corrected chi connectivity index (χ1v) is 5.56. The van der Waals surface area contributed by atoms with Gasteiger partial charge in [0.25, 0.3) is 5.24 Å². The third kappa shape index (κ3) is 3.30. The van der Waals surface area contributed by atoms with Crippen molar-refractivity contribution in [1.29, 1.82) is 0 Å². The van der Waals surface area contributed by atoms with E-state index in [0.29, 0.717) is 6.61 Å². The summed E-state index contributed by atoms with van der Waals surface area (Å²) in [6, 6.07) is 7.34. The average Bonchev–Trinajstić information content (AvgIpc) is 2.19. The van der Waals surface area contributed by atoms with Crippen molar-refractivity contribution in [1.82, 2.24) is 0 Å². The molecule has 0 saturated heterocycles. The molecule has 1 amide bonds. The van der Waals surface area contributed by atoms with Gasteiger partial charge in [-0.25, -0.2) is 0 Å². The van der Waals surface area contributed by atoms with Crippen molar-refractivity contribution in [3.8, 4) is 5.75 Å². The van der Waals surface area contributed by atoms with Crippen LogP contribution in [0.3, 0.4) is 0 Å². The summed E-state index contributed by atoms with van der Waals surface area (Å²) in [5.74, 6) is 0.770. The summed E-state index contributed by atoms with van der Waals surface area (Å²) >= 11 is 1.15. The summed E-state index contributed by atoms with van der Waals surface area (Å²) in [5.41, 5.74) is 0.760. The number of amides is 1. The van der Waals surface area contributed by atoms with Crippen LogP contribution in [-0.4, -0.2) is 18.1 Å². The molecule has 0 spiro atoms. The molecule has 4 heteroatoms. The van der Waals surface area contributed by atoms with Crippen LogP contribution in [0, 0.1) is 0 Å². The highest BCUT2D eigenvalue weighted by Gasteiger charge is 2.00. The van der Waals surface area contributed by atoms with E-state index in [0.717, 1.165) is 23.2 Å². The van der Waals surface area contributed by atoms with Gasteiger partial charge in [-0.1, -0.05) is 17.8 Å². The topological polar surface area (TPSA) is 38.3 Å². The van der Waals surface area contributed by atoms with Gasteiger partial charge in [0, 0.05) is 11.8 Å². The van der Waals surface area contributed by atoms with Gasteiger partial charge in [-0.3, -0.25) is 4.79 Å². The second kappa shape index (κ2) is 5.54. The van der Waals surface area contributed by atoms with Gasteiger partial charge in [0.15, 0.2) is 0 Å². The van der Waals surface area contributed by atoms with Gasteiger partial charge in [-0.05, 0) is 25.3 Å². The molecule has 0 aliphatic rings. The third-order valence-electron chi connectivity index (χ3n) is 1.58. The first-order chi connectivity index (χ1) is 6.76. The maximum absolute atomic E-state index is 11.1. The molecule has 0 heterocycles. The zero-order chi connectivity index (χ0) is 10.4. The SMILES string of the molecule is CCOc1cccc(NC(=O)SC)c1. The van der Waals surface area contributed by atoms with Crippen LogP contribution in [0.4, 0.5) is 10.5 Å². The Bertz CT molecular complexity index is 315. The highest BCUT2D eigenvalue weighted by atomic mass is 32.2. The number of benzene rings is 1. The first kappa shape index (κ1) is 10.9. The molecule has 76 valence electrons. The van der Waals surface area contributed by atoms with Crippen LogP contribution < -0.4 is 10.1 Å². The maximum atomic E-state index is 11.1. The predicted octanol–water partition coefficient (Wildman–Crippen LogP) is 2.98. The molecule has 1 N–H and O–H groups in total. The number of nitrogens with one attached hydrogen (secondary N) is 1. The van der Waals surface area contributed by atoms with Crippen LogP contribution in [0.15, 0.2) is 24.3 Å². The van der Waals surface area contributed by atoms with E-state index in [1.165, 1.54) is 0 Å². The lowest BCUT2D eigenvalue weighted by atomic mass is 10.3. The molecule has 0 unspecified atom stereocenters. The van der Waals surface area contributed by atoms with Gasteiger partial charge in [0.2, 0.25) is 0 Å². The lowest BCUT2D eigenvalue weighted by Gasteiger charge is -2.06. The molecule has 0 aliphatic carbocycles. The van der Waals surface area contributed by atoms with Gasteiger partial charge in [0.05, 0.1) is 6.61 Å². The number of ether oxygens (including phenoxy) is 1. The van der Waals surface area contributed by atoms with Crippen LogP contribution in [0.5, 0.6) is 5.75 Å². The van der Waals surface area contributed by atoms with Crippen molar-refractivity contribution >= 4 is 22.7 Å². The lowest BCUT2D eigenvalue weighted by Crippen LogP contribution is -2.03. The average molecular weight is 211 g/mol. The van der Waals surface area contributed by atoms with Gasteiger partial charge in [-0.2, -0.15) is 0 Å². The lowest BCUT2D eigenvalue weighted by molar-refractivity contribution is 0.270. The van der Waals surface area contributed by atoms with Gasteiger partial charge >= 0.3 is 0 Å². The van der Waals surface area contributed by atoms with E-state index in [1.807, 2.05) is 25.1 Å². The summed E-state index contributed by atoms with van der Waals surface area (Å²) in [6.07, 6.45) is 1.74. The molecular weight excluding hydrogens is 198 g/mol.